The first-order valence-corrected chi connectivity index (χ1v) is 5.33. The van der Waals surface area contributed by atoms with Crippen LogP contribution in [-0.4, -0.2) is 40.2 Å². The van der Waals surface area contributed by atoms with Crippen molar-refractivity contribution in [2.75, 3.05) is 6.54 Å². The van der Waals surface area contributed by atoms with Gasteiger partial charge < -0.3 is 4.74 Å². The van der Waals surface area contributed by atoms with Crippen molar-refractivity contribution < 1.29 is 14.7 Å². The SMILES string of the molecule is CC(C)(C)OC(=O)N1CCC[C@@H]1C(=N)NO. The van der Waals surface area contributed by atoms with Crippen molar-refractivity contribution in [3.63, 3.8) is 0 Å². The molecule has 1 amide bonds. The summed E-state index contributed by atoms with van der Waals surface area (Å²) in [6.45, 7) is 5.95. The van der Waals surface area contributed by atoms with E-state index in [2.05, 4.69) is 0 Å². The quantitative estimate of drug-likeness (QED) is 0.360. The molecule has 1 atom stereocenters. The first-order chi connectivity index (χ1) is 7.35. The van der Waals surface area contributed by atoms with Gasteiger partial charge in [-0.2, -0.15) is 0 Å². The van der Waals surface area contributed by atoms with Crippen LogP contribution in [0.15, 0.2) is 0 Å². The molecule has 0 aromatic carbocycles. The molecule has 6 nitrogen and oxygen atoms in total. The van der Waals surface area contributed by atoms with Crippen molar-refractivity contribution in [3.05, 3.63) is 0 Å². The van der Waals surface area contributed by atoms with E-state index in [4.69, 9.17) is 15.4 Å². The fourth-order valence-electron chi connectivity index (χ4n) is 1.68. The predicted octanol–water partition coefficient (Wildman–Crippen LogP) is 1.34. The third-order valence-corrected chi connectivity index (χ3v) is 2.33. The Morgan fingerprint density at radius 1 is 1.56 bits per heavy atom. The number of hydrogen-bond acceptors (Lipinski definition) is 4. The molecule has 92 valence electrons. The summed E-state index contributed by atoms with van der Waals surface area (Å²) < 4.78 is 5.23. The molecule has 6 heteroatoms. The highest BCUT2D eigenvalue weighted by Gasteiger charge is 2.34. The van der Waals surface area contributed by atoms with Crippen LogP contribution in [0.3, 0.4) is 0 Å². The minimum atomic E-state index is -0.543. The predicted molar refractivity (Wildman–Crippen MR) is 58.6 cm³/mol. The smallest absolute Gasteiger partial charge is 0.410 e. The van der Waals surface area contributed by atoms with Crippen LogP contribution >= 0.6 is 0 Å². The van der Waals surface area contributed by atoms with Crippen molar-refractivity contribution in [1.29, 1.82) is 5.41 Å². The van der Waals surface area contributed by atoms with Crippen molar-refractivity contribution >= 4 is 11.9 Å². The van der Waals surface area contributed by atoms with E-state index < -0.39 is 17.7 Å². The Morgan fingerprint density at radius 2 is 2.19 bits per heavy atom. The van der Waals surface area contributed by atoms with Gasteiger partial charge >= 0.3 is 6.09 Å². The summed E-state index contributed by atoms with van der Waals surface area (Å²) >= 11 is 0. The van der Waals surface area contributed by atoms with Crippen LogP contribution in [0.5, 0.6) is 0 Å². The highest BCUT2D eigenvalue weighted by atomic mass is 16.6. The third kappa shape index (κ3) is 3.10. The number of ether oxygens (including phenoxy) is 1. The maximum Gasteiger partial charge on any atom is 0.410 e. The van der Waals surface area contributed by atoms with Crippen molar-refractivity contribution in [2.24, 2.45) is 0 Å². The molecule has 0 aliphatic carbocycles. The standard InChI is InChI=1S/C10H19N3O3/c1-10(2,3)16-9(14)13-6-4-5-7(13)8(11)12-15/h7,15H,4-6H2,1-3H3,(H2,11,12)/t7-/m1/s1. The van der Waals surface area contributed by atoms with Crippen molar-refractivity contribution in [3.8, 4) is 0 Å². The first-order valence-electron chi connectivity index (χ1n) is 5.33. The number of hydroxylamine groups is 1. The first kappa shape index (κ1) is 12.8. The molecule has 0 aromatic heterocycles. The zero-order chi connectivity index (χ0) is 12.3. The average Bonchev–Trinajstić information content (AvgIpc) is 2.62. The lowest BCUT2D eigenvalue weighted by molar-refractivity contribution is 0.0259. The van der Waals surface area contributed by atoms with E-state index >= 15 is 0 Å². The van der Waals surface area contributed by atoms with Crippen LogP contribution < -0.4 is 5.48 Å². The maximum atomic E-state index is 11.8. The van der Waals surface area contributed by atoms with Gasteiger partial charge in [0.25, 0.3) is 0 Å². The summed E-state index contributed by atoms with van der Waals surface area (Å²) in [7, 11) is 0. The second kappa shape index (κ2) is 4.69. The van der Waals surface area contributed by atoms with E-state index in [-0.39, 0.29) is 5.84 Å². The van der Waals surface area contributed by atoms with Gasteiger partial charge in [0.2, 0.25) is 0 Å². The van der Waals surface area contributed by atoms with E-state index in [9.17, 15) is 4.79 Å². The summed E-state index contributed by atoms with van der Waals surface area (Å²) in [6, 6.07) is -0.403. The van der Waals surface area contributed by atoms with Gasteiger partial charge in [0.15, 0.2) is 0 Å². The molecule has 16 heavy (non-hydrogen) atoms. The molecule has 1 heterocycles. The summed E-state index contributed by atoms with van der Waals surface area (Å²) in [5.41, 5.74) is 1.25. The molecule has 0 bridgehead atoms. The van der Waals surface area contributed by atoms with Gasteiger partial charge in [-0.3, -0.25) is 21.0 Å². The summed E-state index contributed by atoms with van der Waals surface area (Å²) in [5, 5.41) is 16.2. The lowest BCUT2D eigenvalue weighted by atomic mass is 10.2. The molecule has 1 aliphatic heterocycles. The van der Waals surface area contributed by atoms with E-state index in [0.717, 1.165) is 6.42 Å². The molecule has 0 radical (unpaired) electrons. The molecular weight excluding hydrogens is 210 g/mol. The topological polar surface area (TPSA) is 85.7 Å². The van der Waals surface area contributed by atoms with Gasteiger partial charge in [0.05, 0.1) is 6.04 Å². The summed E-state index contributed by atoms with van der Waals surface area (Å²) in [5.74, 6) is -0.0663. The number of nitrogens with zero attached hydrogens (tertiary/aromatic N) is 1. The summed E-state index contributed by atoms with van der Waals surface area (Å²) in [4.78, 5) is 13.3. The van der Waals surface area contributed by atoms with Crippen LogP contribution in [0.4, 0.5) is 4.79 Å². The van der Waals surface area contributed by atoms with Crippen LogP contribution in [0, 0.1) is 5.41 Å². The monoisotopic (exact) mass is 229 g/mol. The van der Waals surface area contributed by atoms with Crippen LogP contribution in [0.25, 0.3) is 0 Å². The van der Waals surface area contributed by atoms with Gasteiger partial charge in [-0.15, -0.1) is 0 Å². The molecule has 0 saturated carbocycles. The zero-order valence-electron chi connectivity index (χ0n) is 9.91. The minimum Gasteiger partial charge on any atom is -0.444 e. The van der Waals surface area contributed by atoms with E-state index in [1.54, 1.807) is 26.3 Å². The zero-order valence-corrected chi connectivity index (χ0v) is 9.91. The molecule has 0 unspecified atom stereocenters. The Labute approximate surface area is 95.0 Å². The molecule has 1 saturated heterocycles. The molecule has 3 N–H and O–H groups in total. The fourth-order valence-corrected chi connectivity index (χ4v) is 1.68. The minimum absolute atomic E-state index is 0.0663. The highest BCUT2D eigenvalue weighted by Crippen LogP contribution is 2.20. The lowest BCUT2D eigenvalue weighted by Gasteiger charge is -2.28. The molecular formula is C10H19N3O3. The van der Waals surface area contributed by atoms with Crippen LogP contribution in [-0.2, 0) is 4.74 Å². The van der Waals surface area contributed by atoms with Gasteiger partial charge in [-0.1, -0.05) is 0 Å². The van der Waals surface area contributed by atoms with E-state index in [0.29, 0.717) is 13.0 Å². The Bertz CT molecular complexity index is 286. The van der Waals surface area contributed by atoms with Gasteiger partial charge in [0, 0.05) is 6.54 Å². The molecule has 0 aromatic rings. The fraction of sp³-hybridized carbons (Fsp3) is 0.800. The van der Waals surface area contributed by atoms with Crippen LogP contribution in [0.2, 0.25) is 0 Å². The largest absolute Gasteiger partial charge is 0.444 e. The van der Waals surface area contributed by atoms with Gasteiger partial charge in [-0.25, -0.2) is 4.79 Å². The Morgan fingerprint density at radius 3 is 2.69 bits per heavy atom. The second-order valence-electron chi connectivity index (χ2n) is 4.86. The Kier molecular flexibility index (Phi) is 3.74. The summed E-state index contributed by atoms with van der Waals surface area (Å²) in [6.07, 6.45) is 1.05. The Hall–Kier alpha value is -1.30. The van der Waals surface area contributed by atoms with Gasteiger partial charge in [0.1, 0.15) is 11.4 Å². The Balaban J connectivity index is 2.65. The number of amides is 1. The van der Waals surface area contributed by atoms with Gasteiger partial charge in [-0.05, 0) is 33.6 Å². The number of carbonyl (C=O) groups excluding carboxylic acids is 1. The highest BCUT2D eigenvalue weighted by molar-refractivity contribution is 5.87. The number of hydrogen-bond donors (Lipinski definition) is 3. The van der Waals surface area contributed by atoms with E-state index in [1.165, 1.54) is 4.90 Å². The lowest BCUT2D eigenvalue weighted by Crippen LogP contribution is -2.46. The number of rotatable bonds is 1. The number of likely N-dealkylation sites (tertiary alicyclic amines) is 1. The molecule has 1 rings (SSSR count). The number of nitrogens with one attached hydrogen (secondary N) is 2. The third-order valence-electron chi connectivity index (χ3n) is 2.33. The van der Waals surface area contributed by atoms with Crippen LogP contribution in [0.1, 0.15) is 33.6 Å². The maximum absolute atomic E-state index is 11.8. The normalized spacial score (nSPS) is 20.8. The van der Waals surface area contributed by atoms with E-state index in [1.807, 2.05) is 0 Å². The average molecular weight is 229 g/mol. The number of amidine groups is 1. The van der Waals surface area contributed by atoms with Crippen molar-refractivity contribution in [1.82, 2.24) is 10.4 Å². The van der Waals surface area contributed by atoms with Crippen molar-refractivity contribution in [2.45, 2.75) is 45.3 Å². The molecule has 1 fully saturated rings. The second-order valence-corrected chi connectivity index (χ2v) is 4.86. The molecule has 0 spiro atoms. The molecule has 1 aliphatic rings. The number of carbonyl (C=O) groups is 1.